The van der Waals surface area contributed by atoms with Crippen LogP contribution in [0.25, 0.3) is 65.3 Å². The van der Waals surface area contributed by atoms with E-state index in [4.69, 9.17) is 18.1 Å². The highest BCUT2D eigenvalue weighted by atomic mass is 31.3. The van der Waals surface area contributed by atoms with Crippen LogP contribution in [0, 0.1) is 13.8 Å². The average molecular weight is 706 g/mol. The first-order valence-electron chi connectivity index (χ1n) is 16.6. The van der Waals surface area contributed by atoms with Crippen LogP contribution in [-0.4, -0.2) is 0 Å². The number of hydrogen-bond acceptors (Lipinski definition) is 6. The number of rotatable bonds is 2. The summed E-state index contributed by atoms with van der Waals surface area (Å²) in [6, 6.07) is 43.2. The second-order valence-electron chi connectivity index (χ2n) is 13.0. The van der Waals surface area contributed by atoms with E-state index in [1.165, 1.54) is 0 Å². The van der Waals surface area contributed by atoms with Gasteiger partial charge in [-0.2, -0.15) is 0 Å². The van der Waals surface area contributed by atoms with Gasteiger partial charge in [0.05, 0.1) is 0 Å². The van der Waals surface area contributed by atoms with Crippen LogP contribution in [0.15, 0.2) is 133 Å². The molecule has 0 fully saturated rings. The zero-order valence-corrected chi connectivity index (χ0v) is 29.3. The Balaban J connectivity index is 1.20. The van der Waals surface area contributed by atoms with Gasteiger partial charge in [0.2, 0.25) is 0 Å². The zero-order valence-electron chi connectivity index (χ0n) is 27.5. The molecular weight excluding hydrogens is 676 g/mol. The number of benzene rings is 8. The van der Waals surface area contributed by atoms with Crippen LogP contribution in [0.5, 0.6) is 23.0 Å². The van der Waals surface area contributed by atoms with Gasteiger partial charge in [0.25, 0.3) is 0 Å². The Morgan fingerprint density at radius 2 is 0.765 bits per heavy atom. The standard InChI is InChI=1S/C42H29NO6P2/c1-25-23-29-13-5-9-17-33(29)39-40-34-18-10-6-14-30(34)24-26(2)42(40)49-51(45,48-41(25)39)43-50(44)46-35-21-19-27-11-3-7-15-31(27)37(35)38-32-16-8-4-12-28(32)20-22-36(38)47-50/h3-24H,1-2H3,(H,43,44,45). The van der Waals surface area contributed by atoms with Gasteiger partial charge >= 0.3 is 15.5 Å². The largest absolute Gasteiger partial charge is 0.524 e. The molecule has 2 aliphatic rings. The van der Waals surface area contributed by atoms with Gasteiger partial charge in [0.15, 0.2) is 0 Å². The third kappa shape index (κ3) is 4.70. The molecule has 0 aliphatic carbocycles. The fourth-order valence-electron chi connectivity index (χ4n) is 7.61. The summed E-state index contributed by atoms with van der Waals surface area (Å²) >= 11 is 0. The SMILES string of the molecule is Cc1cc2ccccc2c2c1OP(=O)(NP1(=O)Oc3ccc4ccccc4c3-c3c(ccc4ccccc34)O1)Oc1c(C)cc3ccccc3c1-2. The Bertz CT molecular complexity index is 2720. The second kappa shape index (κ2) is 11.0. The molecule has 2 aliphatic heterocycles. The zero-order chi connectivity index (χ0) is 34.5. The van der Waals surface area contributed by atoms with Crippen LogP contribution in [0.1, 0.15) is 11.1 Å². The van der Waals surface area contributed by atoms with Crippen LogP contribution in [0.4, 0.5) is 0 Å². The molecule has 1 N–H and O–H groups in total. The summed E-state index contributed by atoms with van der Waals surface area (Å²) < 4.78 is 56.2. The maximum Gasteiger partial charge on any atom is 0.524 e. The number of nitrogens with one attached hydrogen (secondary N) is 1. The van der Waals surface area contributed by atoms with E-state index >= 15 is 9.13 Å². The third-order valence-corrected chi connectivity index (χ3v) is 13.4. The molecule has 0 radical (unpaired) electrons. The van der Waals surface area contributed by atoms with Gasteiger partial charge in [-0.3, -0.25) is 0 Å². The van der Waals surface area contributed by atoms with Gasteiger partial charge in [0, 0.05) is 22.3 Å². The summed E-state index contributed by atoms with van der Waals surface area (Å²) in [5.74, 6) is 1.34. The predicted molar refractivity (Wildman–Crippen MR) is 204 cm³/mol. The van der Waals surface area contributed by atoms with Crippen molar-refractivity contribution in [1.82, 2.24) is 4.86 Å². The number of hydrogen-bond donors (Lipinski definition) is 1. The van der Waals surface area contributed by atoms with Crippen LogP contribution >= 0.6 is 15.5 Å². The fraction of sp³-hybridized carbons (Fsp3) is 0.0476. The summed E-state index contributed by atoms with van der Waals surface area (Å²) in [7, 11) is -9.11. The Morgan fingerprint density at radius 3 is 1.20 bits per heavy atom. The molecule has 0 aromatic heterocycles. The molecule has 7 nitrogen and oxygen atoms in total. The summed E-state index contributed by atoms with van der Waals surface area (Å²) in [5.41, 5.74) is 4.41. The molecule has 0 saturated heterocycles. The van der Waals surface area contributed by atoms with Gasteiger partial charge in [-0.05, 0) is 92.3 Å². The lowest BCUT2D eigenvalue weighted by Gasteiger charge is -2.24. The molecule has 0 bridgehead atoms. The van der Waals surface area contributed by atoms with Gasteiger partial charge in [0.1, 0.15) is 23.0 Å². The Kier molecular flexibility index (Phi) is 6.50. The molecule has 9 heteroatoms. The van der Waals surface area contributed by atoms with Crippen molar-refractivity contribution in [3.63, 3.8) is 0 Å². The van der Waals surface area contributed by atoms with Gasteiger partial charge in [-0.1, -0.05) is 114 Å². The van der Waals surface area contributed by atoms with Crippen LogP contribution in [0.2, 0.25) is 0 Å². The van der Waals surface area contributed by atoms with Gasteiger partial charge in [-0.15, -0.1) is 0 Å². The first-order valence-corrected chi connectivity index (χ1v) is 19.7. The average Bonchev–Trinajstić information content (AvgIpc) is 3.35. The van der Waals surface area contributed by atoms with Crippen molar-refractivity contribution < 1.29 is 27.2 Å². The minimum Gasteiger partial charge on any atom is -0.403 e. The summed E-state index contributed by atoms with van der Waals surface area (Å²) in [4.78, 5) is 2.72. The molecule has 0 amide bonds. The lowest BCUT2D eigenvalue weighted by molar-refractivity contribution is 0.357. The lowest BCUT2D eigenvalue weighted by atomic mass is 9.89. The van der Waals surface area contributed by atoms with E-state index in [1.54, 1.807) is 12.1 Å². The quantitative estimate of drug-likeness (QED) is 0.179. The molecule has 51 heavy (non-hydrogen) atoms. The van der Waals surface area contributed by atoms with Crippen LogP contribution in [-0.2, 0) is 9.13 Å². The van der Waals surface area contributed by atoms with Crippen molar-refractivity contribution >= 4 is 58.6 Å². The van der Waals surface area contributed by atoms with Crippen LogP contribution in [0.3, 0.4) is 0 Å². The summed E-state index contributed by atoms with van der Waals surface area (Å²) in [6.07, 6.45) is 0. The van der Waals surface area contributed by atoms with Crippen molar-refractivity contribution in [3.8, 4) is 45.3 Å². The van der Waals surface area contributed by atoms with E-state index in [0.29, 0.717) is 23.0 Å². The molecular formula is C42H29NO6P2. The molecule has 2 heterocycles. The van der Waals surface area contributed by atoms with Crippen molar-refractivity contribution in [2.24, 2.45) is 0 Å². The van der Waals surface area contributed by atoms with Crippen molar-refractivity contribution in [2.45, 2.75) is 13.8 Å². The van der Waals surface area contributed by atoms with E-state index in [1.807, 2.05) is 135 Å². The highest BCUT2D eigenvalue weighted by Crippen LogP contribution is 2.65. The molecule has 8 aromatic rings. The van der Waals surface area contributed by atoms with Crippen molar-refractivity contribution in [3.05, 3.63) is 145 Å². The molecule has 0 atom stereocenters. The molecule has 10 rings (SSSR count). The predicted octanol–water partition coefficient (Wildman–Crippen LogP) is 12.3. The summed E-state index contributed by atoms with van der Waals surface area (Å²) in [5, 5.41) is 7.54. The molecule has 0 unspecified atom stereocenters. The topological polar surface area (TPSA) is 83.1 Å². The monoisotopic (exact) mass is 705 g/mol. The first kappa shape index (κ1) is 30.3. The second-order valence-corrected chi connectivity index (χ2v) is 16.5. The van der Waals surface area contributed by atoms with E-state index in [0.717, 1.165) is 76.5 Å². The molecule has 0 spiro atoms. The summed E-state index contributed by atoms with van der Waals surface area (Å²) in [6.45, 7) is 3.81. The normalized spacial score (nSPS) is 15.3. The highest BCUT2D eigenvalue weighted by molar-refractivity contribution is 7.68. The smallest absolute Gasteiger partial charge is 0.403 e. The maximum absolute atomic E-state index is 15.3. The Labute approximate surface area is 293 Å². The van der Waals surface area contributed by atoms with Crippen molar-refractivity contribution in [2.75, 3.05) is 0 Å². The minimum absolute atomic E-state index is 0.311. The van der Waals surface area contributed by atoms with E-state index in [-0.39, 0.29) is 0 Å². The molecule has 248 valence electrons. The molecule has 0 saturated carbocycles. The first-order chi connectivity index (χ1) is 24.8. The van der Waals surface area contributed by atoms with Gasteiger partial charge < -0.3 is 18.1 Å². The van der Waals surface area contributed by atoms with Crippen LogP contribution < -0.4 is 23.0 Å². The molecule has 8 aromatic carbocycles. The maximum atomic E-state index is 15.3. The fourth-order valence-corrected chi connectivity index (χ4v) is 11.3. The van der Waals surface area contributed by atoms with E-state index in [9.17, 15) is 0 Å². The Hall–Kier alpha value is -5.58. The van der Waals surface area contributed by atoms with E-state index in [2.05, 4.69) is 4.86 Å². The number of fused-ring (bicyclic) bond motifs is 14. The highest BCUT2D eigenvalue weighted by Gasteiger charge is 2.48. The lowest BCUT2D eigenvalue weighted by Crippen LogP contribution is -2.21. The van der Waals surface area contributed by atoms with E-state index < -0.39 is 15.5 Å². The minimum atomic E-state index is -4.57. The Morgan fingerprint density at radius 1 is 0.412 bits per heavy atom. The van der Waals surface area contributed by atoms with Crippen molar-refractivity contribution in [1.29, 1.82) is 0 Å². The number of aryl methyl sites for hydroxylation is 2. The third-order valence-electron chi connectivity index (χ3n) is 9.76. The van der Waals surface area contributed by atoms with Gasteiger partial charge in [-0.25, -0.2) is 9.13 Å².